The van der Waals surface area contributed by atoms with E-state index in [9.17, 15) is 9.50 Å². The van der Waals surface area contributed by atoms with Crippen LogP contribution < -0.4 is 0 Å². The van der Waals surface area contributed by atoms with Gasteiger partial charge in [0.05, 0.1) is 11.1 Å². The lowest BCUT2D eigenvalue weighted by molar-refractivity contribution is 0.156. The third-order valence-corrected chi connectivity index (χ3v) is 4.02. The van der Waals surface area contributed by atoms with E-state index in [1.165, 1.54) is 6.07 Å². The summed E-state index contributed by atoms with van der Waals surface area (Å²) in [5, 5.41) is 10.2. The molecule has 1 N–H and O–H groups in total. The standard InChI is InChI=1S/C15H15ClFNO/c1-9-7-11-14(3-2-4-15(11)19)18(9)10-5-6-13(17)12(16)8-10/h5-8,15,19H,2-4H2,1H3. The minimum Gasteiger partial charge on any atom is -0.388 e. The lowest BCUT2D eigenvalue weighted by Crippen LogP contribution is -2.11. The van der Waals surface area contributed by atoms with E-state index in [4.69, 9.17) is 11.6 Å². The Balaban J connectivity index is 2.17. The molecule has 2 aromatic rings. The number of hydrogen-bond acceptors (Lipinski definition) is 1. The van der Waals surface area contributed by atoms with Crippen molar-refractivity contribution in [3.63, 3.8) is 0 Å². The Kier molecular flexibility index (Phi) is 3.11. The molecular formula is C15H15ClFNO. The van der Waals surface area contributed by atoms with E-state index >= 15 is 0 Å². The molecule has 1 heterocycles. The van der Waals surface area contributed by atoms with Crippen molar-refractivity contribution in [2.24, 2.45) is 0 Å². The van der Waals surface area contributed by atoms with E-state index in [0.717, 1.165) is 41.9 Å². The van der Waals surface area contributed by atoms with Crippen LogP contribution in [0, 0.1) is 12.7 Å². The molecule has 4 heteroatoms. The van der Waals surface area contributed by atoms with E-state index in [-0.39, 0.29) is 11.1 Å². The highest BCUT2D eigenvalue weighted by Gasteiger charge is 2.23. The number of rotatable bonds is 1. The van der Waals surface area contributed by atoms with Gasteiger partial charge in [-0.05, 0) is 50.5 Å². The van der Waals surface area contributed by atoms with Gasteiger partial charge < -0.3 is 9.67 Å². The Morgan fingerprint density at radius 1 is 1.37 bits per heavy atom. The van der Waals surface area contributed by atoms with Crippen molar-refractivity contribution in [1.29, 1.82) is 0 Å². The van der Waals surface area contributed by atoms with Crippen molar-refractivity contribution in [3.8, 4) is 5.69 Å². The zero-order valence-electron chi connectivity index (χ0n) is 10.7. The summed E-state index contributed by atoms with van der Waals surface area (Å²) in [6.07, 6.45) is 2.31. The summed E-state index contributed by atoms with van der Waals surface area (Å²) >= 11 is 5.86. The molecule has 0 fully saturated rings. The van der Waals surface area contributed by atoms with Gasteiger partial charge in [0.25, 0.3) is 0 Å². The van der Waals surface area contributed by atoms with Gasteiger partial charge >= 0.3 is 0 Å². The molecule has 0 saturated heterocycles. The predicted octanol–water partition coefficient (Wildman–Crippen LogP) is 3.95. The first-order valence-corrected chi connectivity index (χ1v) is 6.80. The largest absolute Gasteiger partial charge is 0.388 e. The van der Waals surface area contributed by atoms with Gasteiger partial charge in [0.15, 0.2) is 0 Å². The number of benzene rings is 1. The van der Waals surface area contributed by atoms with Crippen LogP contribution in [0.25, 0.3) is 5.69 Å². The highest BCUT2D eigenvalue weighted by Crippen LogP contribution is 2.34. The van der Waals surface area contributed by atoms with Crippen molar-refractivity contribution in [3.05, 3.63) is 52.1 Å². The van der Waals surface area contributed by atoms with E-state index in [0.29, 0.717) is 0 Å². The number of aliphatic hydroxyl groups excluding tert-OH is 1. The Bertz CT molecular complexity index is 635. The maximum absolute atomic E-state index is 13.3. The third-order valence-electron chi connectivity index (χ3n) is 3.73. The predicted molar refractivity (Wildman–Crippen MR) is 73.4 cm³/mol. The van der Waals surface area contributed by atoms with E-state index in [1.807, 2.05) is 13.0 Å². The van der Waals surface area contributed by atoms with Crippen LogP contribution in [0.5, 0.6) is 0 Å². The molecule has 1 atom stereocenters. The molecule has 1 aliphatic carbocycles. The van der Waals surface area contributed by atoms with Crippen LogP contribution in [0.3, 0.4) is 0 Å². The second-order valence-corrected chi connectivity index (χ2v) is 5.44. The van der Waals surface area contributed by atoms with Crippen LogP contribution in [0.2, 0.25) is 5.02 Å². The van der Waals surface area contributed by atoms with Crippen molar-refractivity contribution < 1.29 is 9.50 Å². The molecule has 0 aliphatic heterocycles. The van der Waals surface area contributed by atoms with Crippen molar-refractivity contribution in [2.75, 3.05) is 0 Å². The number of aromatic nitrogens is 1. The van der Waals surface area contributed by atoms with Crippen molar-refractivity contribution in [2.45, 2.75) is 32.3 Å². The number of hydrogen-bond donors (Lipinski definition) is 1. The molecule has 1 aromatic heterocycles. The Hall–Kier alpha value is -1.32. The average Bonchev–Trinajstić information content (AvgIpc) is 2.71. The smallest absolute Gasteiger partial charge is 0.141 e. The molecule has 1 aliphatic rings. The summed E-state index contributed by atoms with van der Waals surface area (Å²) in [7, 11) is 0. The molecule has 0 saturated carbocycles. The van der Waals surface area contributed by atoms with Gasteiger partial charge in [-0.3, -0.25) is 0 Å². The number of fused-ring (bicyclic) bond motifs is 1. The van der Waals surface area contributed by atoms with Crippen LogP contribution in [-0.2, 0) is 6.42 Å². The summed E-state index contributed by atoms with van der Waals surface area (Å²) in [4.78, 5) is 0. The topological polar surface area (TPSA) is 25.2 Å². The van der Waals surface area contributed by atoms with Crippen LogP contribution in [0.1, 0.15) is 35.9 Å². The average molecular weight is 280 g/mol. The first-order valence-electron chi connectivity index (χ1n) is 6.42. The molecule has 0 bridgehead atoms. The fourth-order valence-corrected chi connectivity index (χ4v) is 3.04. The van der Waals surface area contributed by atoms with E-state index in [1.54, 1.807) is 12.1 Å². The highest BCUT2D eigenvalue weighted by molar-refractivity contribution is 6.30. The highest BCUT2D eigenvalue weighted by atomic mass is 35.5. The lowest BCUT2D eigenvalue weighted by atomic mass is 9.95. The number of nitrogens with zero attached hydrogens (tertiary/aromatic N) is 1. The van der Waals surface area contributed by atoms with Gasteiger partial charge in [-0.1, -0.05) is 11.6 Å². The number of halogens is 2. The molecule has 0 spiro atoms. The van der Waals surface area contributed by atoms with Crippen molar-refractivity contribution >= 4 is 11.6 Å². The minimum atomic E-state index is -0.413. The maximum Gasteiger partial charge on any atom is 0.141 e. The molecule has 3 rings (SSSR count). The molecular weight excluding hydrogens is 265 g/mol. The molecule has 2 nitrogen and oxygen atoms in total. The van der Waals surface area contributed by atoms with Gasteiger partial charge in [0.2, 0.25) is 0 Å². The Labute approximate surface area is 116 Å². The molecule has 0 amide bonds. The van der Waals surface area contributed by atoms with Crippen LogP contribution in [0.4, 0.5) is 4.39 Å². The maximum atomic E-state index is 13.3. The Morgan fingerprint density at radius 2 is 2.16 bits per heavy atom. The fourth-order valence-electron chi connectivity index (χ4n) is 2.86. The van der Waals surface area contributed by atoms with Crippen LogP contribution >= 0.6 is 11.6 Å². The quantitative estimate of drug-likeness (QED) is 0.840. The van der Waals surface area contributed by atoms with Crippen LogP contribution in [0.15, 0.2) is 24.3 Å². The molecule has 0 radical (unpaired) electrons. The monoisotopic (exact) mass is 279 g/mol. The third kappa shape index (κ3) is 2.07. The summed E-state index contributed by atoms with van der Waals surface area (Å²) in [5.41, 5.74) is 3.98. The van der Waals surface area contributed by atoms with E-state index < -0.39 is 5.82 Å². The summed E-state index contributed by atoms with van der Waals surface area (Å²) in [6, 6.07) is 6.74. The SMILES string of the molecule is Cc1cc2c(n1-c1ccc(F)c(Cl)c1)CCCC2O. The van der Waals surface area contributed by atoms with Gasteiger partial charge in [0, 0.05) is 22.6 Å². The summed E-state index contributed by atoms with van der Waals surface area (Å²) < 4.78 is 15.3. The second-order valence-electron chi connectivity index (χ2n) is 5.03. The normalized spacial score (nSPS) is 18.4. The Morgan fingerprint density at radius 3 is 2.89 bits per heavy atom. The van der Waals surface area contributed by atoms with Gasteiger partial charge in [-0.15, -0.1) is 0 Å². The zero-order chi connectivity index (χ0) is 13.6. The van der Waals surface area contributed by atoms with E-state index in [2.05, 4.69) is 4.57 Å². The molecule has 1 aromatic carbocycles. The van der Waals surface area contributed by atoms with Gasteiger partial charge in [-0.2, -0.15) is 0 Å². The second kappa shape index (κ2) is 4.66. The van der Waals surface area contributed by atoms with Crippen LogP contribution in [-0.4, -0.2) is 9.67 Å². The first-order chi connectivity index (χ1) is 9.08. The number of aliphatic hydroxyl groups is 1. The summed E-state index contributed by atoms with van der Waals surface area (Å²) in [6.45, 7) is 1.99. The first kappa shape index (κ1) is 12.7. The number of aryl methyl sites for hydroxylation is 1. The van der Waals surface area contributed by atoms with Crippen molar-refractivity contribution in [1.82, 2.24) is 4.57 Å². The molecule has 100 valence electrons. The summed E-state index contributed by atoms with van der Waals surface area (Å²) in [5.74, 6) is -0.413. The zero-order valence-corrected chi connectivity index (χ0v) is 11.4. The molecule has 1 unspecified atom stereocenters. The minimum absolute atomic E-state index is 0.121. The lowest BCUT2D eigenvalue weighted by Gasteiger charge is -2.20. The fraction of sp³-hybridized carbons (Fsp3) is 0.333. The van der Waals surface area contributed by atoms with Gasteiger partial charge in [0.1, 0.15) is 5.82 Å². The van der Waals surface area contributed by atoms with Gasteiger partial charge in [-0.25, -0.2) is 4.39 Å². The molecule has 19 heavy (non-hydrogen) atoms.